The molecule has 0 aromatic heterocycles. The summed E-state index contributed by atoms with van der Waals surface area (Å²) in [6, 6.07) is 5.75. The van der Waals surface area contributed by atoms with Crippen LogP contribution in [0.4, 0.5) is 0 Å². The van der Waals surface area contributed by atoms with Gasteiger partial charge in [-0.25, -0.2) is 0 Å². The first kappa shape index (κ1) is 11.7. The molecule has 0 amide bonds. The summed E-state index contributed by atoms with van der Waals surface area (Å²) in [5, 5.41) is 0. The van der Waals surface area contributed by atoms with Gasteiger partial charge in [0.05, 0.1) is 13.7 Å². The van der Waals surface area contributed by atoms with E-state index >= 15 is 0 Å². The average Bonchev–Trinajstić information content (AvgIpc) is 2.18. The van der Waals surface area contributed by atoms with Crippen LogP contribution in [0.25, 0.3) is 0 Å². The molecular weight excluding hydrogens is 192 g/mol. The van der Waals surface area contributed by atoms with Gasteiger partial charge in [0.15, 0.2) is 0 Å². The van der Waals surface area contributed by atoms with Gasteiger partial charge in [-0.2, -0.15) is 0 Å². The SMILES string of the molecule is COCc1cccc(CC(C)=O)c1OC. The van der Waals surface area contributed by atoms with Gasteiger partial charge in [-0.05, 0) is 6.92 Å². The Labute approximate surface area is 90.0 Å². The fraction of sp³-hybridized carbons (Fsp3) is 0.417. The minimum absolute atomic E-state index is 0.128. The summed E-state index contributed by atoms with van der Waals surface area (Å²) in [4.78, 5) is 11.1. The van der Waals surface area contributed by atoms with Crippen LogP contribution in [0.2, 0.25) is 0 Å². The molecule has 0 radical (unpaired) electrons. The lowest BCUT2D eigenvalue weighted by molar-refractivity contribution is -0.116. The third-order valence-electron chi connectivity index (χ3n) is 2.12. The molecule has 0 spiro atoms. The van der Waals surface area contributed by atoms with Crippen molar-refractivity contribution in [3.63, 3.8) is 0 Å². The minimum atomic E-state index is 0.128. The monoisotopic (exact) mass is 208 g/mol. The smallest absolute Gasteiger partial charge is 0.134 e. The highest BCUT2D eigenvalue weighted by Gasteiger charge is 2.09. The molecule has 3 nitrogen and oxygen atoms in total. The van der Waals surface area contributed by atoms with Gasteiger partial charge in [0.1, 0.15) is 11.5 Å². The van der Waals surface area contributed by atoms with Crippen molar-refractivity contribution in [1.29, 1.82) is 0 Å². The number of rotatable bonds is 5. The molecule has 15 heavy (non-hydrogen) atoms. The second kappa shape index (κ2) is 5.51. The van der Waals surface area contributed by atoms with Crippen LogP contribution in [0.3, 0.4) is 0 Å². The molecule has 0 heterocycles. The summed E-state index contributed by atoms with van der Waals surface area (Å²) < 4.78 is 10.4. The van der Waals surface area contributed by atoms with Gasteiger partial charge in [-0.3, -0.25) is 4.79 Å². The lowest BCUT2D eigenvalue weighted by Gasteiger charge is -2.11. The third kappa shape index (κ3) is 3.06. The zero-order chi connectivity index (χ0) is 11.3. The third-order valence-corrected chi connectivity index (χ3v) is 2.12. The van der Waals surface area contributed by atoms with E-state index in [4.69, 9.17) is 9.47 Å². The highest BCUT2D eigenvalue weighted by molar-refractivity contribution is 5.79. The van der Waals surface area contributed by atoms with Crippen molar-refractivity contribution in [2.24, 2.45) is 0 Å². The van der Waals surface area contributed by atoms with Gasteiger partial charge < -0.3 is 9.47 Å². The fourth-order valence-corrected chi connectivity index (χ4v) is 1.58. The molecule has 1 rings (SSSR count). The summed E-state index contributed by atoms with van der Waals surface area (Å²) in [5.74, 6) is 0.886. The van der Waals surface area contributed by atoms with E-state index in [1.54, 1.807) is 21.1 Å². The average molecular weight is 208 g/mol. The first-order valence-electron chi connectivity index (χ1n) is 4.82. The molecular formula is C12H16O3. The van der Waals surface area contributed by atoms with Crippen LogP contribution in [0.1, 0.15) is 18.1 Å². The van der Waals surface area contributed by atoms with Crippen molar-refractivity contribution in [3.05, 3.63) is 29.3 Å². The topological polar surface area (TPSA) is 35.5 Å². The number of para-hydroxylation sites is 1. The van der Waals surface area contributed by atoms with Crippen LogP contribution < -0.4 is 4.74 Å². The van der Waals surface area contributed by atoms with E-state index in [1.807, 2.05) is 18.2 Å². The Morgan fingerprint density at radius 1 is 1.27 bits per heavy atom. The van der Waals surface area contributed by atoms with Gasteiger partial charge in [0.2, 0.25) is 0 Å². The van der Waals surface area contributed by atoms with E-state index in [-0.39, 0.29) is 5.78 Å². The molecule has 1 aromatic carbocycles. The molecule has 82 valence electrons. The van der Waals surface area contributed by atoms with Crippen LogP contribution in [0.15, 0.2) is 18.2 Å². The van der Waals surface area contributed by atoms with Crippen molar-refractivity contribution >= 4 is 5.78 Å². The first-order chi connectivity index (χ1) is 7.19. The molecule has 0 saturated carbocycles. The van der Waals surface area contributed by atoms with E-state index in [0.29, 0.717) is 13.0 Å². The van der Waals surface area contributed by atoms with Crippen LogP contribution in [0.5, 0.6) is 5.75 Å². The van der Waals surface area contributed by atoms with Crippen molar-refractivity contribution in [2.75, 3.05) is 14.2 Å². The quantitative estimate of drug-likeness (QED) is 0.742. The summed E-state index contributed by atoms with van der Waals surface area (Å²) in [5.41, 5.74) is 1.89. The van der Waals surface area contributed by atoms with Gasteiger partial charge in [-0.1, -0.05) is 18.2 Å². The maximum absolute atomic E-state index is 11.1. The van der Waals surface area contributed by atoms with Gasteiger partial charge >= 0.3 is 0 Å². The molecule has 0 aliphatic heterocycles. The Morgan fingerprint density at radius 3 is 2.47 bits per heavy atom. The van der Waals surface area contributed by atoms with E-state index in [2.05, 4.69) is 0 Å². The Balaban J connectivity index is 3.04. The summed E-state index contributed by atoms with van der Waals surface area (Å²) in [6.45, 7) is 2.07. The van der Waals surface area contributed by atoms with Crippen LogP contribution in [0, 0.1) is 0 Å². The maximum Gasteiger partial charge on any atom is 0.134 e. The lowest BCUT2D eigenvalue weighted by Crippen LogP contribution is -2.02. The number of ether oxygens (including phenoxy) is 2. The normalized spacial score (nSPS) is 10.1. The summed E-state index contributed by atoms with van der Waals surface area (Å²) in [6.07, 6.45) is 0.403. The number of hydrogen-bond acceptors (Lipinski definition) is 3. The molecule has 3 heteroatoms. The van der Waals surface area contributed by atoms with E-state index < -0.39 is 0 Å². The zero-order valence-corrected chi connectivity index (χ0v) is 9.37. The Morgan fingerprint density at radius 2 is 1.93 bits per heavy atom. The number of ketones is 1. The number of hydrogen-bond donors (Lipinski definition) is 0. The Hall–Kier alpha value is -1.35. The lowest BCUT2D eigenvalue weighted by atomic mass is 10.0. The van der Waals surface area contributed by atoms with Crippen LogP contribution in [-0.2, 0) is 22.6 Å². The van der Waals surface area contributed by atoms with Crippen LogP contribution >= 0.6 is 0 Å². The van der Waals surface area contributed by atoms with E-state index in [1.165, 1.54) is 0 Å². The van der Waals surface area contributed by atoms with Crippen molar-refractivity contribution in [1.82, 2.24) is 0 Å². The molecule has 0 fully saturated rings. The number of carbonyl (C=O) groups excluding carboxylic acids is 1. The largest absolute Gasteiger partial charge is 0.496 e. The zero-order valence-electron chi connectivity index (χ0n) is 9.37. The molecule has 0 atom stereocenters. The summed E-state index contributed by atoms with van der Waals surface area (Å²) >= 11 is 0. The molecule has 0 bridgehead atoms. The second-order valence-electron chi connectivity index (χ2n) is 3.42. The predicted molar refractivity (Wildman–Crippen MR) is 58.1 cm³/mol. The fourth-order valence-electron chi connectivity index (χ4n) is 1.58. The number of methoxy groups -OCH3 is 2. The van der Waals surface area contributed by atoms with Crippen molar-refractivity contribution in [2.45, 2.75) is 20.0 Å². The molecule has 0 unspecified atom stereocenters. The van der Waals surface area contributed by atoms with Gasteiger partial charge in [0, 0.05) is 24.7 Å². The number of Topliss-reactive ketones (excluding diaryl/α,β-unsaturated/α-hetero) is 1. The molecule has 0 aliphatic rings. The highest BCUT2D eigenvalue weighted by atomic mass is 16.5. The Bertz CT molecular complexity index is 345. The Kier molecular flexibility index (Phi) is 4.31. The number of benzene rings is 1. The van der Waals surface area contributed by atoms with Gasteiger partial charge in [-0.15, -0.1) is 0 Å². The van der Waals surface area contributed by atoms with Crippen molar-refractivity contribution in [3.8, 4) is 5.75 Å². The standard InChI is InChI=1S/C12H16O3/c1-9(13)7-10-5-4-6-11(8-14-2)12(10)15-3/h4-6H,7-8H2,1-3H3. The van der Waals surface area contributed by atoms with E-state index in [0.717, 1.165) is 16.9 Å². The van der Waals surface area contributed by atoms with Crippen molar-refractivity contribution < 1.29 is 14.3 Å². The summed E-state index contributed by atoms with van der Waals surface area (Å²) in [7, 11) is 3.25. The number of carbonyl (C=O) groups is 1. The highest BCUT2D eigenvalue weighted by Crippen LogP contribution is 2.24. The van der Waals surface area contributed by atoms with Crippen LogP contribution in [-0.4, -0.2) is 20.0 Å². The minimum Gasteiger partial charge on any atom is -0.496 e. The molecule has 0 aliphatic carbocycles. The maximum atomic E-state index is 11.1. The predicted octanol–water partition coefficient (Wildman–Crippen LogP) is 1.97. The molecule has 1 aromatic rings. The first-order valence-corrected chi connectivity index (χ1v) is 4.82. The molecule has 0 N–H and O–H groups in total. The second-order valence-corrected chi connectivity index (χ2v) is 3.42. The molecule has 0 saturated heterocycles. The van der Waals surface area contributed by atoms with E-state index in [9.17, 15) is 4.79 Å². The van der Waals surface area contributed by atoms with Gasteiger partial charge in [0.25, 0.3) is 0 Å².